The first-order valence-corrected chi connectivity index (χ1v) is 7.24. The Labute approximate surface area is 127 Å². The van der Waals surface area contributed by atoms with Crippen LogP contribution in [-0.2, 0) is 12.1 Å². The topological polar surface area (TPSA) is 46.9 Å². The van der Waals surface area contributed by atoms with Crippen molar-refractivity contribution < 1.29 is 0 Å². The van der Waals surface area contributed by atoms with E-state index in [1.165, 1.54) is 0 Å². The van der Waals surface area contributed by atoms with Gasteiger partial charge in [0.1, 0.15) is 0 Å². The van der Waals surface area contributed by atoms with Crippen molar-refractivity contribution in [1.82, 2.24) is 9.55 Å². The Bertz CT molecular complexity index is 641. The van der Waals surface area contributed by atoms with Crippen LogP contribution >= 0.6 is 15.9 Å². The van der Waals surface area contributed by atoms with Crippen LogP contribution < -0.4 is 10.9 Å². The summed E-state index contributed by atoms with van der Waals surface area (Å²) >= 11 is 3.40. The largest absolute Gasteiger partial charge is 0.361 e. The molecule has 0 bridgehead atoms. The minimum Gasteiger partial charge on any atom is -0.361 e. The van der Waals surface area contributed by atoms with Crippen LogP contribution in [0.2, 0.25) is 0 Å². The predicted octanol–water partition coefficient (Wildman–Crippen LogP) is 3.37. The molecule has 0 saturated heterocycles. The van der Waals surface area contributed by atoms with Gasteiger partial charge in [-0.2, -0.15) is 0 Å². The van der Waals surface area contributed by atoms with Crippen LogP contribution in [-0.4, -0.2) is 9.55 Å². The zero-order valence-electron chi connectivity index (χ0n) is 11.9. The lowest BCUT2D eigenvalue weighted by atomic mass is 10.1. The van der Waals surface area contributed by atoms with E-state index in [1.807, 2.05) is 45.0 Å². The van der Waals surface area contributed by atoms with Gasteiger partial charge in [0.15, 0.2) is 5.82 Å². The normalized spacial score (nSPS) is 11.4. The van der Waals surface area contributed by atoms with Gasteiger partial charge < -0.3 is 9.88 Å². The SMILES string of the molecule is CC(C)(C)n1ccnc(NCc2ccc(Br)cc2)c1=O. The quantitative estimate of drug-likeness (QED) is 0.935. The van der Waals surface area contributed by atoms with Crippen LogP contribution in [0.4, 0.5) is 5.82 Å². The molecule has 2 rings (SSSR count). The van der Waals surface area contributed by atoms with Crippen molar-refractivity contribution in [1.29, 1.82) is 0 Å². The summed E-state index contributed by atoms with van der Waals surface area (Å²) in [7, 11) is 0. The third-order valence-electron chi connectivity index (χ3n) is 2.94. The lowest BCUT2D eigenvalue weighted by molar-refractivity contribution is 0.383. The summed E-state index contributed by atoms with van der Waals surface area (Å²) in [5.74, 6) is 0.380. The molecule has 0 amide bonds. The van der Waals surface area contributed by atoms with E-state index in [2.05, 4.69) is 26.2 Å². The van der Waals surface area contributed by atoms with Gasteiger partial charge in [0.2, 0.25) is 0 Å². The molecule has 1 aromatic heterocycles. The van der Waals surface area contributed by atoms with E-state index in [0.29, 0.717) is 12.4 Å². The Kier molecular flexibility index (Phi) is 4.28. The molecule has 0 saturated carbocycles. The zero-order valence-corrected chi connectivity index (χ0v) is 13.4. The molecule has 0 aliphatic carbocycles. The van der Waals surface area contributed by atoms with Crippen LogP contribution in [0.15, 0.2) is 45.9 Å². The molecule has 1 heterocycles. The summed E-state index contributed by atoms with van der Waals surface area (Å²) < 4.78 is 2.72. The van der Waals surface area contributed by atoms with Crippen molar-refractivity contribution in [2.45, 2.75) is 32.9 Å². The number of hydrogen-bond donors (Lipinski definition) is 1. The van der Waals surface area contributed by atoms with Gasteiger partial charge in [-0.05, 0) is 38.5 Å². The highest BCUT2D eigenvalue weighted by Gasteiger charge is 2.16. The number of aromatic nitrogens is 2. The van der Waals surface area contributed by atoms with Crippen LogP contribution in [0.25, 0.3) is 0 Å². The second-order valence-corrected chi connectivity index (χ2v) is 6.52. The molecule has 0 aliphatic rings. The fourth-order valence-electron chi connectivity index (χ4n) is 1.85. The van der Waals surface area contributed by atoms with Gasteiger partial charge in [0.25, 0.3) is 5.56 Å². The lowest BCUT2D eigenvalue weighted by Gasteiger charge is -2.22. The molecular formula is C15H18BrN3O. The maximum atomic E-state index is 12.3. The number of halogens is 1. The first-order valence-electron chi connectivity index (χ1n) is 6.44. The summed E-state index contributed by atoms with van der Waals surface area (Å²) in [5.41, 5.74) is 0.742. The van der Waals surface area contributed by atoms with Crippen molar-refractivity contribution in [2.75, 3.05) is 5.32 Å². The maximum absolute atomic E-state index is 12.3. The molecule has 5 heteroatoms. The Morgan fingerprint density at radius 2 is 1.90 bits per heavy atom. The molecule has 0 aliphatic heterocycles. The maximum Gasteiger partial charge on any atom is 0.293 e. The van der Waals surface area contributed by atoms with Gasteiger partial charge in [0, 0.05) is 29.0 Å². The molecule has 0 fully saturated rings. The first-order chi connectivity index (χ1) is 9.38. The highest BCUT2D eigenvalue weighted by atomic mass is 79.9. The van der Waals surface area contributed by atoms with E-state index >= 15 is 0 Å². The summed E-state index contributed by atoms with van der Waals surface area (Å²) in [6.07, 6.45) is 3.36. The number of nitrogens with one attached hydrogen (secondary N) is 1. The van der Waals surface area contributed by atoms with Gasteiger partial charge in [0.05, 0.1) is 0 Å². The molecule has 1 aromatic carbocycles. The van der Waals surface area contributed by atoms with Crippen molar-refractivity contribution in [3.63, 3.8) is 0 Å². The predicted molar refractivity (Wildman–Crippen MR) is 85.0 cm³/mol. The molecule has 0 radical (unpaired) electrons. The van der Waals surface area contributed by atoms with E-state index in [4.69, 9.17) is 0 Å². The smallest absolute Gasteiger partial charge is 0.293 e. The third-order valence-corrected chi connectivity index (χ3v) is 3.47. The molecule has 106 valence electrons. The summed E-state index contributed by atoms with van der Waals surface area (Å²) in [4.78, 5) is 16.5. The Morgan fingerprint density at radius 3 is 2.50 bits per heavy atom. The molecule has 0 atom stereocenters. The van der Waals surface area contributed by atoms with E-state index in [0.717, 1.165) is 10.0 Å². The van der Waals surface area contributed by atoms with Crippen molar-refractivity contribution >= 4 is 21.7 Å². The standard InChI is InChI=1S/C15H18BrN3O/c1-15(2,3)19-9-8-17-13(14(19)20)18-10-11-4-6-12(16)7-5-11/h4-9H,10H2,1-3H3,(H,17,18). The van der Waals surface area contributed by atoms with Gasteiger partial charge >= 0.3 is 0 Å². The lowest BCUT2D eigenvalue weighted by Crippen LogP contribution is -2.35. The van der Waals surface area contributed by atoms with Gasteiger partial charge in [-0.3, -0.25) is 4.79 Å². The Hall–Kier alpha value is -1.62. The first kappa shape index (κ1) is 14.8. The van der Waals surface area contributed by atoms with Crippen molar-refractivity contribution in [3.05, 3.63) is 57.0 Å². The minimum atomic E-state index is -0.256. The monoisotopic (exact) mass is 335 g/mol. The van der Waals surface area contributed by atoms with Crippen LogP contribution in [0, 0.1) is 0 Å². The number of hydrogen-bond acceptors (Lipinski definition) is 3. The number of anilines is 1. The fraction of sp³-hybridized carbons (Fsp3) is 0.333. The minimum absolute atomic E-state index is 0.0999. The van der Waals surface area contributed by atoms with E-state index < -0.39 is 0 Å². The number of rotatable bonds is 3. The molecule has 4 nitrogen and oxygen atoms in total. The summed E-state index contributed by atoms with van der Waals surface area (Å²) in [6.45, 7) is 6.55. The number of benzene rings is 1. The average molecular weight is 336 g/mol. The van der Waals surface area contributed by atoms with Gasteiger partial charge in [-0.1, -0.05) is 28.1 Å². The van der Waals surface area contributed by atoms with Crippen LogP contribution in [0.1, 0.15) is 26.3 Å². The summed E-state index contributed by atoms with van der Waals surface area (Å²) in [6, 6.07) is 7.95. The average Bonchev–Trinajstić information content (AvgIpc) is 2.38. The fourth-order valence-corrected chi connectivity index (χ4v) is 2.11. The van der Waals surface area contributed by atoms with Crippen molar-refractivity contribution in [2.24, 2.45) is 0 Å². The molecule has 20 heavy (non-hydrogen) atoms. The molecule has 1 N–H and O–H groups in total. The van der Waals surface area contributed by atoms with Gasteiger partial charge in [-0.15, -0.1) is 0 Å². The molecule has 0 unspecified atom stereocenters. The molecule has 2 aromatic rings. The van der Waals surface area contributed by atoms with Crippen molar-refractivity contribution in [3.8, 4) is 0 Å². The second-order valence-electron chi connectivity index (χ2n) is 5.60. The summed E-state index contributed by atoms with van der Waals surface area (Å²) in [5, 5.41) is 3.10. The zero-order chi connectivity index (χ0) is 14.8. The van der Waals surface area contributed by atoms with E-state index in [9.17, 15) is 4.79 Å². The third kappa shape index (κ3) is 3.48. The molecular weight excluding hydrogens is 318 g/mol. The second kappa shape index (κ2) is 5.79. The van der Waals surface area contributed by atoms with Crippen LogP contribution in [0.3, 0.4) is 0 Å². The van der Waals surface area contributed by atoms with Crippen LogP contribution in [0.5, 0.6) is 0 Å². The number of nitrogens with zero attached hydrogens (tertiary/aromatic N) is 2. The van der Waals surface area contributed by atoms with Gasteiger partial charge in [-0.25, -0.2) is 4.98 Å². The highest BCUT2D eigenvalue weighted by molar-refractivity contribution is 9.10. The molecule has 0 spiro atoms. The van der Waals surface area contributed by atoms with E-state index in [-0.39, 0.29) is 11.1 Å². The Morgan fingerprint density at radius 1 is 1.25 bits per heavy atom. The highest BCUT2D eigenvalue weighted by Crippen LogP contribution is 2.13. The van der Waals surface area contributed by atoms with E-state index in [1.54, 1.807) is 17.0 Å². The Balaban J connectivity index is 2.18.